The van der Waals surface area contributed by atoms with Crippen LogP contribution < -0.4 is 14.8 Å². The lowest BCUT2D eigenvalue weighted by Crippen LogP contribution is -2.27. The van der Waals surface area contributed by atoms with Crippen LogP contribution in [0.15, 0.2) is 65.6 Å². The van der Waals surface area contributed by atoms with Crippen molar-refractivity contribution in [1.82, 2.24) is 0 Å². The number of anilines is 2. The number of rotatable bonds is 5. The number of hydrogen-bond donors (Lipinski definition) is 2. The zero-order valence-electron chi connectivity index (χ0n) is 17.2. The Kier molecular flexibility index (Phi) is 5.89. The van der Waals surface area contributed by atoms with Gasteiger partial charge in [-0.15, -0.1) is 0 Å². The van der Waals surface area contributed by atoms with Gasteiger partial charge in [-0.2, -0.15) is 0 Å². The Morgan fingerprint density at radius 3 is 2.00 bits per heavy atom. The first-order valence-electron chi connectivity index (χ1n) is 9.28. The maximum absolute atomic E-state index is 12.8. The van der Waals surface area contributed by atoms with Crippen molar-refractivity contribution in [2.75, 3.05) is 17.1 Å². The normalized spacial score (nSPS) is 11.7. The van der Waals surface area contributed by atoms with Crippen LogP contribution in [-0.4, -0.2) is 27.2 Å². The summed E-state index contributed by atoms with van der Waals surface area (Å²) in [5.74, 6) is 0.567. The molecule has 0 spiro atoms. The molecule has 1 amide bonds. The summed E-state index contributed by atoms with van der Waals surface area (Å²) in [6.45, 7) is 5.34. The Morgan fingerprint density at radius 1 is 0.867 bits per heavy atom. The first-order valence-corrected chi connectivity index (χ1v) is 10.8. The first-order chi connectivity index (χ1) is 14.1. The van der Waals surface area contributed by atoms with E-state index in [1.165, 1.54) is 19.2 Å². The molecule has 0 bridgehead atoms. The van der Waals surface area contributed by atoms with Crippen molar-refractivity contribution >= 4 is 38.3 Å². The summed E-state index contributed by atoms with van der Waals surface area (Å²) in [5.41, 5.74) is 0.289. The monoisotopic (exact) mass is 428 g/mol. The minimum atomic E-state index is -3.81. The van der Waals surface area contributed by atoms with Crippen LogP contribution in [0, 0.1) is 0 Å². The predicted octanol–water partition coefficient (Wildman–Crippen LogP) is 5.00. The Hall–Kier alpha value is -3.26. The second kappa shape index (κ2) is 8.23. The SMILES string of the molecule is COc1ccc(S(=O)(=O)Nc2ccc(NC(=O)OC(C)(C)C)c3ccccc23)cc1. The Morgan fingerprint density at radius 2 is 1.43 bits per heavy atom. The summed E-state index contributed by atoms with van der Waals surface area (Å²) < 4.78 is 38.6. The maximum Gasteiger partial charge on any atom is 0.412 e. The lowest BCUT2D eigenvalue weighted by atomic mass is 10.1. The number of hydrogen-bond acceptors (Lipinski definition) is 5. The standard InChI is InChI=1S/C22H24N2O5S/c1-22(2,3)29-21(25)23-19-13-14-20(18-8-6-5-7-17(18)19)24-30(26,27)16-11-9-15(28-4)10-12-16/h5-14,24H,1-4H3,(H,23,25). The Labute approximate surface area is 176 Å². The van der Waals surface area contributed by atoms with Crippen LogP contribution in [0.25, 0.3) is 10.8 Å². The van der Waals surface area contributed by atoms with Gasteiger partial charge in [0.15, 0.2) is 0 Å². The topological polar surface area (TPSA) is 93.7 Å². The van der Waals surface area contributed by atoms with Gasteiger partial charge in [0.1, 0.15) is 11.4 Å². The van der Waals surface area contributed by atoms with E-state index in [1.807, 2.05) is 6.07 Å². The number of sulfonamides is 1. The van der Waals surface area contributed by atoms with Crippen LogP contribution >= 0.6 is 0 Å². The summed E-state index contributed by atoms with van der Waals surface area (Å²) in [5, 5.41) is 4.04. The van der Waals surface area contributed by atoms with E-state index in [2.05, 4.69) is 10.0 Å². The van der Waals surface area contributed by atoms with Crippen molar-refractivity contribution in [3.63, 3.8) is 0 Å². The summed E-state index contributed by atoms with van der Waals surface area (Å²) in [6.07, 6.45) is -0.584. The highest BCUT2D eigenvalue weighted by Crippen LogP contribution is 2.32. The second-order valence-corrected chi connectivity index (χ2v) is 9.30. The van der Waals surface area contributed by atoms with E-state index < -0.39 is 21.7 Å². The molecule has 0 aliphatic rings. The number of nitrogens with one attached hydrogen (secondary N) is 2. The molecule has 0 radical (unpaired) electrons. The fourth-order valence-corrected chi connectivity index (χ4v) is 3.95. The van der Waals surface area contributed by atoms with E-state index in [1.54, 1.807) is 63.2 Å². The van der Waals surface area contributed by atoms with Crippen LogP contribution in [0.1, 0.15) is 20.8 Å². The van der Waals surface area contributed by atoms with Crippen molar-refractivity contribution in [3.8, 4) is 5.75 Å². The molecule has 0 aromatic heterocycles. The molecular formula is C22H24N2O5S. The molecule has 158 valence electrons. The van der Waals surface area contributed by atoms with Crippen LogP contribution in [0.4, 0.5) is 16.2 Å². The van der Waals surface area contributed by atoms with Crippen LogP contribution in [-0.2, 0) is 14.8 Å². The number of benzene rings is 3. The van der Waals surface area contributed by atoms with Gasteiger partial charge in [0, 0.05) is 10.8 Å². The maximum atomic E-state index is 12.8. The molecule has 0 heterocycles. The molecule has 0 unspecified atom stereocenters. The van der Waals surface area contributed by atoms with Gasteiger partial charge in [-0.1, -0.05) is 24.3 Å². The van der Waals surface area contributed by atoms with E-state index in [9.17, 15) is 13.2 Å². The van der Waals surface area contributed by atoms with Crippen molar-refractivity contribution in [3.05, 3.63) is 60.7 Å². The lowest BCUT2D eigenvalue weighted by Gasteiger charge is -2.20. The number of carbonyl (C=O) groups excluding carboxylic acids is 1. The summed E-state index contributed by atoms with van der Waals surface area (Å²) in [4.78, 5) is 12.3. The fourth-order valence-electron chi connectivity index (χ4n) is 2.87. The van der Waals surface area contributed by atoms with Crippen LogP contribution in [0.3, 0.4) is 0 Å². The van der Waals surface area contributed by atoms with Gasteiger partial charge in [-0.3, -0.25) is 10.0 Å². The third-order valence-corrected chi connectivity index (χ3v) is 5.56. The lowest BCUT2D eigenvalue weighted by molar-refractivity contribution is 0.0636. The smallest absolute Gasteiger partial charge is 0.412 e. The molecule has 0 aliphatic carbocycles. The van der Waals surface area contributed by atoms with Crippen molar-refractivity contribution in [2.24, 2.45) is 0 Å². The first kappa shape index (κ1) is 21.4. The molecular weight excluding hydrogens is 404 g/mol. The summed E-state index contributed by atoms with van der Waals surface area (Å²) in [6, 6.07) is 16.5. The molecule has 3 aromatic rings. The van der Waals surface area contributed by atoms with Crippen LogP contribution in [0.5, 0.6) is 5.75 Å². The highest BCUT2D eigenvalue weighted by Gasteiger charge is 2.19. The fraction of sp³-hybridized carbons (Fsp3) is 0.227. The van der Waals surface area contributed by atoms with Crippen molar-refractivity contribution in [2.45, 2.75) is 31.3 Å². The molecule has 0 fully saturated rings. The van der Waals surface area contributed by atoms with E-state index in [0.717, 1.165) is 0 Å². The van der Waals surface area contributed by atoms with Crippen molar-refractivity contribution < 1.29 is 22.7 Å². The molecule has 3 rings (SSSR count). The Balaban J connectivity index is 1.93. The number of carbonyl (C=O) groups is 1. The van der Waals surface area contributed by atoms with Crippen molar-refractivity contribution in [1.29, 1.82) is 0 Å². The minimum Gasteiger partial charge on any atom is -0.497 e. The molecule has 2 N–H and O–H groups in total. The molecule has 0 saturated carbocycles. The van der Waals surface area contributed by atoms with Gasteiger partial charge in [0.05, 0.1) is 23.4 Å². The Bertz CT molecular complexity index is 1170. The third-order valence-electron chi connectivity index (χ3n) is 4.17. The molecule has 0 saturated heterocycles. The summed E-state index contributed by atoms with van der Waals surface area (Å²) in [7, 11) is -2.29. The molecule has 7 nitrogen and oxygen atoms in total. The van der Waals surface area contributed by atoms with Gasteiger partial charge in [0.2, 0.25) is 0 Å². The van der Waals surface area contributed by atoms with Gasteiger partial charge in [-0.25, -0.2) is 13.2 Å². The quantitative estimate of drug-likeness (QED) is 0.597. The van der Waals surface area contributed by atoms with Crippen LogP contribution in [0.2, 0.25) is 0 Å². The number of fused-ring (bicyclic) bond motifs is 1. The van der Waals surface area contributed by atoms with E-state index in [4.69, 9.17) is 9.47 Å². The summed E-state index contributed by atoms with van der Waals surface area (Å²) >= 11 is 0. The van der Waals surface area contributed by atoms with Gasteiger partial charge in [-0.05, 0) is 57.2 Å². The zero-order valence-corrected chi connectivity index (χ0v) is 18.0. The van der Waals surface area contributed by atoms with Gasteiger partial charge < -0.3 is 9.47 Å². The average Bonchev–Trinajstić information content (AvgIpc) is 2.68. The molecule has 0 atom stereocenters. The molecule has 3 aromatic carbocycles. The third kappa shape index (κ3) is 5.01. The zero-order chi connectivity index (χ0) is 21.9. The molecule has 0 aliphatic heterocycles. The predicted molar refractivity (Wildman–Crippen MR) is 118 cm³/mol. The highest BCUT2D eigenvalue weighted by atomic mass is 32.2. The minimum absolute atomic E-state index is 0.114. The van der Waals surface area contributed by atoms with Gasteiger partial charge in [0.25, 0.3) is 10.0 Å². The number of amides is 1. The number of methoxy groups -OCH3 is 1. The van der Waals surface area contributed by atoms with E-state index in [-0.39, 0.29) is 4.90 Å². The average molecular weight is 429 g/mol. The highest BCUT2D eigenvalue weighted by molar-refractivity contribution is 7.92. The largest absolute Gasteiger partial charge is 0.497 e. The van der Waals surface area contributed by atoms with E-state index >= 15 is 0 Å². The van der Waals surface area contributed by atoms with Gasteiger partial charge >= 0.3 is 6.09 Å². The number of ether oxygens (including phenoxy) is 2. The second-order valence-electron chi connectivity index (χ2n) is 7.61. The van der Waals surface area contributed by atoms with E-state index in [0.29, 0.717) is 27.9 Å². The molecule has 30 heavy (non-hydrogen) atoms. The molecule has 8 heteroatoms.